The Hall–Kier alpha value is -5.66. The van der Waals surface area contributed by atoms with Crippen molar-refractivity contribution in [1.82, 2.24) is 5.32 Å². The minimum absolute atomic E-state index is 0.0116. The van der Waals surface area contributed by atoms with Crippen LogP contribution in [-0.2, 0) is 61.8 Å². The highest BCUT2D eigenvalue weighted by atomic mass is 127. The number of nitrogens with one attached hydrogen (secondary N) is 1. The third-order valence-corrected chi connectivity index (χ3v) is 14.9. The Balaban J connectivity index is 1.46. The number of amides is 1. The van der Waals surface area contributed by atoms with Gasteiger partial charge in [-0.2, -0.15) is 0 Å². The minimum Gasteiger partial charge on any atom is -0.455 e. The predicted octanol–water partition coefficient (Wildman–Crippen LogP) is 6.84. The monoisotopic (exact) mass is 1220 g/mol. The zero-order valence-electron chi connectivity index (χ0n) is 40.0. The van der Waals surface area contributed by atoms with Gasteiger partial charge in [-0.3, -0.25) is 19.2 Å². The van der Waals surface area contributed by atoms with E-state index in [0.717, 1.165) is 13.8 Å². The number of esters is 4. The van der Waals surface area contributed by atoms with Gasteiger partial charge in [0.2, 0.25) is 6.10 Å². The average molecular weight is 1220 g/mol. The fraction of sp³-hybridized carbons (Fsp3) is 0.451. The largest absolute Gasteiger partial charge is 0.509 e. The molecule has 1 aliphatic heterocycles. The Bertz CT molecular complexity index is 2610. The molecule has 0 unspecified atom stereocenters. The zero-order valence-corrected chi connectivity index (χ0v) is 44.3. The van der Waals surface area contributed by atoms with Crippen molar-refractivity contribution in [2.24, 2.45) is 16.7 Å². The Morgan fingerprint density at radius 3 is 1.92 bits per heavy atom. The van der Waals surface area contributed by atoms with Crippen LogP contribution in [0, 0.1) is 16.7 Å². The van der Waals surface area contributed by atoms with Crippen molar-refractivity contribution in [3.63, 3.8) is 0 Å². The normalized spacial score (nSPS) is 28.8. The van der Waals surface area contributed by atoms with Gasteiger partial charge in [0.25, 0.3) is 5.91 Å². The van der Waals surface area contributed by atoms with Gasteiger partial charge in [-0.05, 0) is 100 Å². The number of fused-ring (bicyclic) bond motifs is 5. The van der Waals surface area contributed by atoms with Crippen LogP contribution in [-0.4, -0.2) is 117 Å². The topological polar surface area (TPSA) is 252 Å². The molecule has 2 saturated carbocycles. The van der Waals surface area contributed by atoms with Gasteiger partial charge >= 0.3 is 36.2 Å². The van der Waals surface area contributed by atoms with Gasteiger partial charge in [-0.1, -0.05) is 80.6 Å². The maximum absolute atomic E-state index is 16.1. The van der Waals surface area contributed by atoms with E-state index in [1.807, 2.05) is 0 Å². The number of alkyl halides is 2. The van der Waals surface area contributed by atoms with Gasteiger partial charge < -0.3 is 53.1 Å². The van der Waals surface area contributed by atoms with Crippen molar-refractivity contribution < 1.29 is 86.1 Å². The lowest BCUT2D eigenvalue weighted by Crippen LogP contribution is -2.82. The molecule has 3 aliphatic carbocycles. The van der Waals surface area contributed by atoms with Crippen LogP contribution in [0.4, 0.5) is 9.59 Å². The first kappa shape index (κ1) is 54.1. The lowest BCUT2D eigenvalue weighted by Gasteiger charge is -2.67. The first-order chi connectivity index (χ1) is 34.1. The molecule has 3 aromatic rings. The molecule has 3 aromatic carbocycles. The maximum Gasteiger partial charge on any atom is 0.509 e. The third-order valence-electron chi connectivity index (χ3n) is 14.2. The highest BCUT2D eigenvalue weighted by molar-refractivity contribution is 14.1. The van der Waals surface area contributed by atoms with Crippen LogP contribution in [0.3, 0.4) is 0 Å². The van der Waals surface area contributed by atoms with Crippen LogP contribution in [0.15, 0.2) is 102 Å². The van der Waals surface area contributed by atoms with Crippen LogP contribution in [0.2, 0.25) is 0 Å². The van der Waals surface area contributed by atoms with Gasteiger partial charge in [-0.15, -0.1) is 0 Å². The van der Waals surface area contributed by atoms with Gasteiger partial charge in [0.1, 0.15) is 45.3 Å². The van der Waals surface area contributed by atoms with E-state index in [4.69, 9.17) is 42.6 Å². The number of carbonyl (C=O) groups is 8. The summed E-state index contributed by atoms with van der Waals surface area (Å²) in [5.74, 6) is -7.35. The summed E-state index contributed by atoms with van der Waals surface area (Å²) in [7, 11) is 0. The fourth-order valence-electron chi connectivity index (χ4n) is 10.8. The number of hydrogen-bond acceptors (Lipinski definition) is 18. The maximum atomic E-state index is 16.1. The first-order valence-electron chi connectivity index (χ1n) is 22.8. The Labute approximate surface area is 441 Å². The van der Waals surface area contributed by atoms with Crippen molar-refractivity contribution in [2.45, 2.75) is 108 Å². The van der Waals surface area contributed by atoms with Crippen molar-refractivity contribution in [2.75, 3.05) is 15.8 Å². The van der Waals surface area contributed by atoms with Crippen molar-refractivity contribution in [1.29, 1.82) is 0 Å². The van der Waals surface area contributed by atoms with Gasteiger partial charge in [-0.25, -0.2) is 19.2 Å². The van der Waals surface area contributed by atoms with Crippen LogP contribution in [0.25, 0.3) is 0 Å². The second kappa shape index (κ2) is 21.8. The molecule has 0 aromatic heterocycles. The summed E-state index contributed by atoms with van der Waals surface area (Å²) >= 11 is 3.53. The molecule has 1 amide bonds. The van der Waals surface area contributed by atoms with Crippen LogP contribution in [0.5, 0.6) is 0 Å². The molecule has 2 N–H and O–H groups in total. The van der Waals surface area contributed by atoms with E-state index in [9.17, 15) is 33.9 Å². The van der Waals surface area contributed by atoms with Crippen molar-refractivity contribution in [3.05, 3.63) is 119 Å². The molecule has 384 valence electrons. The molecule has 1 heterocycles. The highest BCUT2D eigenvalue weighted by Gasteiger charge is 2.79. The standard InChI is InChI=1S/C51H53I2NO18/c1-27-33(68-45(60)39(70-47(62)66-26-53)37(30-16-10-7-11-17-30)54-43(58)31-18-12-8-13-19-31)23-51(63)42(71-44(59)32-20-14-9-15-21-32)40-49(6,41(57)38(67-28(2)55)36(27)48(51,4)5)34(69-46(61)65-25-52)22-35-50(40,24-64-35)72-29(3)56/h7-21,33-35,37-40,42,63H,22-26H2,1-6H3,(H,54,58)/t33-,34-,35+,37-,38+,39+,40-,42-,49+,50-,51+/m0/s1. The smallest absolute Gasteiger partial charge is 0.455 e. The fourth-order valence-corrected chi connectivity index (χ4v) is 11.3. The zero-order chi connectivity index (χ0) is 52.3. The number of aliphatic hydroxyl groups is 1. The van der Waals surface area contributed by atoms with Crippen LogP contribution in [0.1, 0.15) is 86.7 Å². The van der Waals surface area contributed by atoms with E-state index < -0.39 is 132 Å². The molecule has 3 fully saturated rings. The average Bonchev–Trinajstić information content (AvgIpc) is 3.33. The number of ketones is 1. The summed E-state index contributed by atoms with van der Waals surface area (Å²) in [6, 6.07) is 22.4. The summed E-state index contributed by atoms with van der Waals surface area (Å²) < 4.78 is 52.6. The van der Waals surface area contributed by atoms with E-state index in [-0.39, 0.29) is 37.9 Å². The molecule has 0 radical (unpaired) electrons. The number of carbonyl (C=O) groups excluding carboxylic acids is 8. The molecule has 7 rings (SSSR count). The number of rotatable bonds is 14. The highest BCUT2D eigenvalue weighted by Crippen LogP contribution is 2.65. The molecule has 4 aliphatic rings. The molecule has 72 heavy (non-hydrogen) atoms. The second-order valence-electron chi connectivity index (χ2n) is 18.5. The summed E-state index contributed by atoms with van der Waals surface area (Å²) in [6.45, 7) is 7.70. The van der Waals surface area contributed by atoms with Crippen molar-refractivity contribution in [3.8, 4) is 0 Å². The molecule has 19 nitrogen and oxygen atoms in total. The Morgan fingerprint density at radius 2 is 1.36 bits per heavy atom. The lowest BCUT2D eigenvalue weighted by atomic mass is 9.44. The van der Waals surface area contributed by atoms with E-state index in [1.54, 1.807) is 112 Å². The van der Waals surface area contributed by atoms with Gasteiger partial charge in [0, 0.05) is 37.7 Å². The number of ether oxygens (including phenoxy) is 9. The van der Waals surface area contributed by atoms with E-state index in [1.165, 1.54) is 52.0 Å². The van der Waals surface area contributed by atoms with E-state index in [0.29, 0.717) is 5.56 Å². The molecule has 11 atom stereocenters. The number of halogens is 2. The minimum atomic E-state index is -2.53. The van der Waals surface area contributed by atoms with Crippen molar-refractivity contribution >= 4 is 93.1 Å². The quantitative estimate of drug-likeness (QED) is 0.0551. The second-order valence-corrected chi connectivity index (χ2v) is 19.8. The molecule has 0 spiro atoms. The Morgan fingerprint density at radius 1 is 0.778 bits per heavy atom. The van der Waals surface area contributed by atoms with E-state index >= 15 is 9.59 Å². The van der Waals surface area contributed by atoms with Crippen LogP contribution >= 0.6 is 45.2 Å². The SMILES string of the molecule is CC(=O)O[C@H]1C(=O)[C@]2(C)[C@@H](OC(=O)OCI)C[C@H]3OC[C@@]3(OC(C)=O)[C@H]2[C@H](OC(=O)c2ccccc2)[C@]2(O)C[C@H](OC(=O)[C@H](OC(=O)OCI)[C@@H](NC(=O)c3ccccc3)c3ccccc3)C(C)=C1C2(C)C. The summed E-state index contributed by atoms with van der Waals surface area (Å²) in [5, 5.41) is 16.9. The predicted molar refractivity (Wildman–Crippen MR) is 266 cm³/mol. The summed E-state index contributed by atoms with van der Waals surface area (Å²) in [6.07, 6.45) is -13.6. The third kappa shape index (κ3) is 10.2. The van der Waals surface area contributed by atoms with Gasteiger partial charge in [0.15, 0.2) is 17.5 Å². The summed E-state index contributed by atoms with van der Waals surface area (Å²) in [4.78, 5) is 113. The lowest BCUT2D eigenvalue weighted by molar-refractivity contribution is -0.346. The van der Waals surface area contributed by atoms with E-state index in [2.05, 4.69) is 5.32 Å². The van der Waals surface area contributed by atoms with Crippen LogP contribution < -0.4 is 5.32 Å². The summed E-state index contributed by atoms with van der Waals surface area (Å²) in [5.41, 5.74) is -7.89. The number of hydrogen-bond donors (Lipinski definition) is 2. The molecular formula is C51H53I2NO18. The molecule has 1 saturated heterocycles. The van der Waals surface area contributed by atoms with Gasteiger partial charge in [0.05, 0.1) is 23.5 Å². The molecule has 2 bridgehead atoms. The Kier molecular flexibility index (Phi) is 16.4. The first-order valence-corrected chi connectivity index (χ1v) is 25.8. The molecule has 21 heteroatoms. The molecular weight excluding hydrogens is 1170 g/mol. The number of benzene rings is 3. The number of Topliss-reactive ketones (excluding diaryl/α,β-unsaturated/α-hetero) is 1.